The first kappa shape index (κ1) is 47.1. The summed E-state index contributed by atoms with van der Waals surface area (Å²) < 4.78 is 33.7. The van der Waals surface area contributed by atoms with Gasteiger partial charge in [0.15, 0.2) is 23.7 Å². The maximum absolute atomic E-state index is 14.0. The van der Waals surface area contributed by atoms with Crippen LogP contribution >= 0.6 is 11.9 Å². The molecule has 1 fully saturated rings. The number of carbonyl (C=O) groups is 4. The highest BCUT2D eigenvalue weighted by atomic mass is 32.2. The van der Waals surface area contributed by atoms with Crippen molar-refractivity contribution in [1.82, 2.24) is 4.31 Å². The van der Waals surface area contributed by atoms with E-state index in [1.165, 1.54) is 50.5 Å². The Kier molecular flexibility index (Phi) is 20.4. The van der Waals surface area contributed by atoms with Crippen LogP contribution in [0.5, 0.6) is 0 Å². The lowest BCUT2D eigenvalue weighted by Crippen LogP contribution is -2.47. The molecule has 1 heterocycles. The molecule has 61 heavy (non-hydrogen) atoms. The highest BCUT2D eigenvalue weighted by Crippen LogP contribution is 2.39. The molecule has 0 N–H and O–H groups in total. The molecular weight excluding hydrogens is 791 g/mol. The van der Waals surface area contributed by atoms with E-state index in [1.54, 1.807) is 121 Å². The molecule has 1 aliphatic rings. The molecule has 0 radical (unpaired) electrons. The van der Waals surface area contributed by atoms with Crippen molar-refractivity contribution < 1.29 is 42.9 Å². The van der Waals surface area contributed by atoms with Gasteiger partial charge < -0.3 is 23.7 Å². The van der Waals surface area contributed by atoms with Crippen molar-refractivity contribution in [2.24, 2.45) is 0 Å². The van der Waals surface area contributed by atoms with Crippen molar-refractivity contribution in [3.05, 3.63) is 144 Å². The zero-order chi connectivity index (χ0) is 43.1. The SMILES string of the molecule is CCCCCCCCN(CCCCCCCC)SC1O[C@@H]([C@@H](COC(=O)c2ccccc2)OC(=O)c2ccccc2)[C@H](OC(=O)c2ccccc2)[C@H]1OC(=O)c1ccccc1. The molecule has 11 heteroatoms. The largest absolute Gasteiger partial charge is 0.458 e. The molecule has 0 bridgehead atoms. The Balaban J connectivity index is 1.50. The second-order valence-corrected chi connectivity index (χ2v) is 16.5. The molecule has 0 aromatic heterocycles. The fourth-order valence-corrected chi connectivity index (χ4v) is 8.39. The summed E-state index contributed by atoms with van der Waals surface area (Å²) in [5.41, 5.74) is 0.251. The van der Waals surface area contributed by atoms with Gasteiger partial charge in [0.05, 0.1) is 22.3 Å². The molecule has 5 atom stereocenters. The minimum Gasteiger partial charge on any atom is -0.458 e. The van der Waals surface area contributed by atoms with Crippen molar-refractivity contribution in [1.29, 1.82) is 0 Å². The summed E-state index contributed by atoms with van der Waals surface area (Å²) >= 11 is 1.41. The van der Waals surface area contributed by atoms with Crippen molar-refractivity contribution in [2.75, 3.05) is 19.7 Å². The number of esters is 4. The standard InChI is InChI=1S/C50H61NO9S/c1-3-5-7-9-11-25-35-51(36-26-12-10-8-6-4-2)61-50-45(59-49(55)41-33-23-16-24-34-41)44(58-48(54)40-31-21-15-22-32-40)43(60-50)42(57-47(53)39-29-19-14-20-30-39)37-56-46(52)38-27-17-13-18-28-38/h13-24,27-34,42-45,50H,3-12,25-26,35-37H2,1-2H3/t42-,43+,44+,45-,50?/m1/s1. The van der Waals surface area contributed by atoms with Gasteiger partial charge in [-0.15, -0.1) is 0 Å². The van der Waals surface area contributed by atoms with Crippen LogP contribution in [0.25, 0.3) is 0 Å². The Bertz CT molecular complexity index is 1870. The van der Waals surface area contributed by atoms with Crippen molar-refractivity contribution in [3.8, 4) is 0 Å². The van der Waals surface area contributed by atoms with E-state index in [2.05, 4.69) is 18.2 Å². The van der Waals surface area contributed by atoms with Gasteiger partial charge in [0.1, 0.15) is 12.7 Å². The van der Waals surface area contributed by atoms with Gasteiger partial charge in [-0.2, -0.15) is 0 Å². The lowest BCUT2D eigenvalue weighted by Gasteiger charge is -2.29. The Morgan fingerprint density at radius 1 is 0.525 bits per heavy atom. The lowest BCUT2D eigenvalue weighted by atomic mass is 10.1. The summed E-state index contributed by atoms with van der Waals surface area (Å²) in [6.45, 7) is 5.52. The molecule has 10 nitrogen and oxygen atoms in total. The third-order valence-corrected chi connectivity index (χ3v) is 11.8. The average molecular weight is 852 g/mol. The summed E-state index contributed by atoms with van der Waals surface area (Å²) in [5, 5.41) is 0. The molecule has 0 spiro atoms. The number of hydrogen-bond acceptors (Lipinski definition) is 11. The predicted molar refractivity (Wildman–Crippen MR) is 238 cm³/mol. The van der Waals surface area contributed by atoms with Gasteiger partial charge in [-0.25, -0.2) is 23.5 Å². The summed E-state index contributed by atoms with van der Waals surface area (Å²) in [6.07, 6.45) is 8.59. The molecule has 5 rings (SSSR count). The van der Waals surface area contributed by atoms with Crippen molar-refractivity contribution >= 4 is 35.8 Å². The first-order chi connectivity index (χ1) is 29.9. The maximum Gasteiger partial charge on any atom is 0.338 e. The number of rotatable bonds is 26. The highest BCUT2D eigenvalue weighted by molar-refractivity contribution is 7.97. The number of ether oxygens (including phenoxy) is 5. The second kappa shape index (κ2) is 26.4. The van der Waals surface area contributed by atoms with Crippen LogP contribution in [0.3, 0.4) is 0 Å². The van der Waals surface area contributed by atoms with E-state index in [0.29, 0.717) is 11.1 Å². The molecule has 1 aliphatic heterocycles. The summed E-state index contributed by atoms with van der Waals surface area (Å²) in [5.74, 6) is -2.65. The fourth-order valence-electron chi connectivity index (χ4n) is 7.12. The Morgan fingerprint density at radius 2 is 0.918 bits per heavy atom. The second-order valence-electron chi connectivity index (χ2n) is 15.3. The van der Waals surface area contributed by atoms with E-state index in [1.807, 2.05) is 0 Å². The Labute approximate surface area is 365 Å². The quantitative estimate of drug-likeness (QED) is 0.0260. The zero-order valence-electron chi connectivity index (χ0n) is 35.6. The zero-order valence-corrected chi connectivity index (χ0v) is 36.4. The summed E-state index contributed by atoms with van der Waals surface area (Å²) in [7, 11) is 0. The maximum atomic E-state index is 14.0. The third-order valence-electron chi connectivity index (χ3n) is 10.5. The van der Waals surface area contributed by atoms with Gasteiger partial charge in [-0.3, -0.25) is 0 Å². The number of hydrogen-bond donors (Lipinski definition) is 0. The monoisotopic (exact) mass is 851 g/mol. The molecule has 0 saturated carbocycles. The van der Waals surface area contributed by atoms with E-state index >= 15 is 0 Å². The van der Waals surface area contributed by atoms with Crippen LogP contribution in [0.15, 0.2) is 121 Å². The van der Waals surface area contributed by atoms with Gasteiger partial charge in [0, 0.05) is 13.1 Å². The van der Waals surface area contributed by atoms with Crippen LogP contribution in [0.1, 0.15) is 132 Å². The first-order valence-corrected chi connectivity index (χ1v) is 22.8. The molecule has 326 valence electrons. The van der Waals surface area contributed by atoms with E-state index in [9.17, 15) is 19.2 Å². The molecule has 1 unspecified atom stereocenters. The summed E-state index contributed by atoms with van der Waals surface area (Å²) in [6, 6.07) is 34.0. The number of unbranched alkanes of at least 4 members (excludes halogenated alkanes) is 10. The number of carbonyl (C=O) groups excluding carboxylic acids is 4. The topological polar surface area (TPSA) is 118 Å². The number of benzene rings is 4. The molecule has 0 aliphatic carbocycles. The molecule has 0 amide bonds. The van der Waals surface area contributed by atoms with Crippen LogP contribution in [-0.4, -0.2) is 77.7 Å². The van der Waals surface area contributed by atoms with Crippen LogP contribution in [0, 0.1) is 0 Å². The van der Waals surface area contributed by atoms with Gasteiger partial charge in [-0.05, 0) is 73.3 Å². The Hall–Kier alpha value is -4.97. The van der Waals surface area contributed by atoms with Crippen LogP contribution in [-0.2, 0) is 23.7 Å². The molecule has 4 aromatic carbocycles. The predicted octanol–water partition coefficient (Wildman–Crippen LogP) is 10.9. The average Bonchev–Trinajstić information content (AvgIpc) is 3.62. The van der Waals surface area contributed by atoms with Gasteiger partial charge in [0.2, 0.25) is 0 Å². The van der Waals surface area contributed by atoms with E-state index in [4.69, 9.17) is 23.7 Å². The molecule has 4 aromatic rings. The van der Waals surface area contributed by atoms with E-state index in [-0.39, 0.29) is 11.1 Å². The van der Waals surface area contributed by atoms with Gasteiger partial charge in [-0.1, -0.05) is 151 Å². The Morgan fingerprint density at radius 3 is 1.38 bits per heavy atom. The molecule has 1 saturated heterocycles. The van der Waals surface area contributed by atoms with Crippen LogP contribution in [0.2, 0.25) is 0 Å². The molecular formula is C50H61NO9S. The normalized spacial score (nSPS) is 17.7. The van der Waals surface area contributed by atoms with Crippen LogP contribution < -0.4 is 0 Å². The lowest BCUT2D eigenvalue weighted by molar-refractivity contribution is -0.0900. The minimum absolute atomic E-state index is 0.264. The van der Waals surface area contributed by atoms with Gasteiger partial charge in [0.25, 0.3) is 0 Å². The van der Waals surface area contributed by atoms with Gasteiger partial charge >= 0.3 is 23.9 Å². The number of nitrogens with zero attached hydrogens (tertiary/aromatic N) is 1. The third kappa shape index (κ3) is 15.5. The minimum atomic E-state index is -1.29. The highest BCUT2D eigenvalue weighted by Gasteiger charge is 2.55. The van der Waals surface area contributed by atoms with E-state index in [0.717, 1.165) is 51.6 Å². The summed E-state index contributed by atoms with van der Waals surface area (Å²) in [4.78, 5) is 55.0. The van der Waals surface area contributed by atoms with E-state index < -0.39 is 60.3 Å². The first-order valence-electron chi connectivity index (χ1n) is 21.9. The smallest absolute Gasteiger partial charge is 0.338 e. The van der Waals surface area contributed by atoms with Crippen molar-refractivity contribution in [3.63, 3.8) is 0 Å². The fraction of sp³-hybridized carbons (Fsp3) is 0.440. The van der Waals surface area contributed by atoms with Crippen LogP contribution in [0.4, 0.5) is 0 Å². The van der Waals surface area contributed by atoms with Crippen molar-refractivity contribution in [2.45, 2.75) is 121 Å².